The van der Waals surface area contributed by atoms with Crippen LogP contribution in [0.15, 0.2) is 24.3 Å². The SMILES string of the molecule is CC(C)CCNCCN1CCN(c2ccccc2Cl)CC1. The van der Waals surface area contributed by atoms with E-state index in [2.05, 4.69) is 41.1 Å². The molecule has 0 saturated carbocycles. The fourth-order valence-corrected chi connectivity index (χ4v) is 2.93. The summed E-state index contributed by atoms with van der Waals surface area (Å²) in [6.07, 6.45) is 1.26. The van der Waals surface area contributed by atoms with Crippen molar-refractivity contribution in [1.29, 1.82) is 0 Å². The molecule has 0 radical (unpaired) electrons. The quantitative estimate of drug-likeness (QED) is 0.781. The highest BCUT2D eigenvalue weighted by atomic mass is 35.5. The van der Waals surface area contributed by atoms with E-state index in [9.17, 15) is 0 Å². The number of para-hydroxylation sites is 1. The van der Waals surface area contributed by atoms with Crippen LogP contribution in [-0.4, -0.2) is 50.7 Å². The van der Waals surface area contributed by atoms with Gasteiger partial charge in [-0.15, -0.1) is 0 Å². The van der Waals surface area contributed by atoms with Crippen molar-refractivity contribution in [3.8, 4) is 0 Å². The maximum atomic E-state index is 6.27. The summed E-state index contributed by atoms with van der Waals surface area (Å²) in [5, 5.41) is 4.40. The number of hydrogen-bond donors (Lipinski definition) is 1. The fraction of sp³-hybridized carbons (Fsp3) is 0.647. The molecule has 21 heavy (non-hydrogen) atoms. The molecule has 2 rings (SSSR count). The van der Waals surface area contributed by atoms with Crippen LogP contribution in [0, 0.1) is 5.92 Å². The predicted molar refractivity (Wildman–Crippen MR) is 92.4 cm³/mol. The second-order valence-corrected chi connectivity index (χ2v) is 6.62. The number of hydrogen-bond acceptors (Lipinski definition) is 3. The van der Waals surface area contributed by atoms with Gasteiger partial charge in [-0.1, -0.05) is 37.6 Å². The number of piperazine rings is 1. The Labute approximate surface area is 134 Å². The van der Waals surface area contributed by atoms with Crippen LogP contribution in [0.5, 0.6) is 0 Å². The molecule has 1 aromatic carbocycles. The van der Waals surface area contributed by atoms with Crippen molar-refractivity contribution in [2.45, 2.75) is 20.3 Å². The third-order valence-corrected chi connectivity index (χ3v) is 4.39. The maximum absolute atomic E-state index is 6.27. The predicted octanol–water partition coefficient (Wildman–Crippen LogP) is 3.10. The fourth-order valence-electron chi connectivity index (χ4n) is 2.67. The molecule has 1 heterocycles. The van der Waals surface area contributed by atoms with E-state index in [4.69, 9.17) is 11.6 Å². The van der Waals surface area contributed by atoms with Crippen molar-refractivity contribution >= 4 is 17.3 Å². The average molecular weight is 310 g/mol. The Balaban J connectivity index is 1.66. The van der Waals surface area contributed by atoms with Gasteiger partial charge in [0.05, 0.1) is 10.7 Å². The van der Waals surface area contributed by atoms with E-state index < -0.39 is 0 Å². The molecular formula is C17H28ClN3. The third kappa shape index (κ3) is 5.50. The van der Waals surface area contributed by atoms with Crippen molar-refractivity contribution < 1.29 is 0 Å². The van der Waals surface area contributed by atoms with Gasteiger partial charge in [-0.2, -0.15) is 0 Å². The van der Waals surface area contributed by atoms with Gasteiger partial charge in [0.2, 0.25) is 0 Å². The number of nitrogens with zero attached hydrogens (tertiary/aromatic N) is 2. The maximum Gasteiger partial charge on any atom is 0.0639 e. The van der Waals surface area contributed by atoms with E-state index in [0.29, 0.717) is 0 Å². The lowest BCUT2D eigenvalue weighted by atomic mass is 10.1. The normalized spacial score (nSPS) is 16.7. The molecule has 1 aliphatic rings. The van der Waals surface area contributed by atoms with Gasteiger partial charge in [-0.3, -0.25) is 4.90 Å². The molecule has 0 spiro atoms. The molecule has 1 fully saturated rings. The van der Waals surface area contributed by atoms with Crippen molar-refractivity contribution in [3.63, 3.8) is 0 Å². The Bertz CT molecular complexity index is 414. The van der Waals surface area contributed by atoms with Gasteiger partial charge < -0.3 is 10.2 Å². The Morgan fingerprint density at radius 3 is 2.48 bits per heavy atom. The molecule has 118 valence electrons. The number of benzene rings is 1. The molecule has 0 aromatic heterocycles. The third-order valence-electron chi connectivity index (χ3n) is 4.07. The monoisotopic (exact) mass is 309 g/mol. The van der Waals surface area contributed by atoms with Crippen LogP contribution in [-0.2, 0) is 0 Å². The Morgan fingerprint density at radius 2 is 1.81 bits per heavy atom. The zero-order valence-electron chi connectivity index (χ0n) is 13.3. The lowest BCUT2D eigenvalue weighted by Crippen LogP contribution is -2.48. The summed E-state index contributed by atoms with van der Waals surface area (Å²) in [6, 6.07) is 8.14. The van der Waals surface area contributed by atoms with E-state index >= 15 is 0 Å². The zero-order valence-corrected chi connectivity index (χ0v) is 14.1. The number of rotatable bonds is 7. The van der Waals surface area contributed by atoms with E-state index in [-0.39, 0.29) is 0 Å². The van der Waals surface area contributed by atoms with E-state index in [0.717, 1.165) is 56.8 Å². The molecular weight excluding hydrogens is 282 g/mol. The summed E-state index contributed by atoms with van der Waals surface area (Å²) < 4.78 is 0. The summed E-state index contributed by atoms with van der Waals surface area (Å²) in [5.41, 5.74) is 1.17. The molecule has 3 nitrogen and oxygen atoms in total. The molecule has 1 N–H and O–H groups in total. The first kappa shape index (κ1) is 16.6. The van der Waals surface area contributed by atoms with Crippen LogP contribution < -0.4 is 10.2 Å². The second-order valence-electron chi connectivity index (χ2n) is 6.21. The molecule has 0 amide bonds. The first-order chi connectivity index (χ1) is 10.2. The van der Waals surface area contributed by atoms with Gasteiger partial charge >= 0.3 is 0 Å². The summed E-state index contributed by atoms with van der Waals surface area (Å²) in [6.45, 7) is 12.3. The van der Waals surface area contributed by atoms with Gasteiger partial charge in [0.15, 0.2) is 0 Å². The Kier molecular flexibility index (Phi) is 6.81. The highest BCUT2D eigenvalue weighted by molar-refractivity contribution is 6.33. The Morgan fingerprint density at radius 1 is 1.10 bits per heavy atom. The smallest absolute Gasteiger partial charge is 0.0639 e. The molecule has 0 unspecified atom stereocenters. The highest BCUT2D eigenvalue weighted by Gasteiger charge is 2.18. The van der Waals surface area contributed by atoms with E-state index in [1.54, 1.807) is 0 Å². The standard InChI is InChI=1S/C17H28ClN3/c1-15(2)7-8-19-9-10-20-11-13-21(14-12-20)17-6-4-3-5-16(17)18/h3-6,15,19H,7-14H2,1-2H3. The summed E-state index contributed by atoms with van der Waals surface area (Å²) >= 11 is 6.27. The highest BCUT2D eigenvalue weighted by Crippen LogP contribution is 2.25. The van der Waals surface area contributed by atoms with Crippen LogP contribution in [0.1, 0.15) is 20.3 Å². The summed E-state index contributed by atoms with van der Waals surface area (Å²) in [5.74, 6) is 0.789. The van der Waals surface area contributed by atoms with E-state index in [1.807, 2.05) is 12.1 Å². The second kappa shape index (κ2) is 8.62. The largest absolute Gasteiger partial charge is 0.368 e. The lowest BCUT2D eigenvalue weighted by molar-refractivity contribution is 0.257. The number of halogens is 1. The van der Waals surface area contributed by atoms with Crippen molar-refractivity contribution in [2.75, 3.05) is 50.7 Å². The lowest BCUT2D eigenvalue weighted by Gasteiger charge is -2.36. The van der Waals surface area contributed by atoms with Gasteiger partial charge in [-0.05, 0) is 31.0 Å². The molecule has 0 atom stereocenters. The minimum atomic E-state index is 0.789. The molecule has 0 aliphatic carbocycles. The summed E-state index contributed by atoms with van der Waals surface area (Å²) in [4.78, 5) is 4.93. The zero-order chi connectivity index (χ0) is 15.1. The van der Waals surface area contributed by atoms with Crippen molar-refractivity contribution in [3.05, 3.63) is 29.3 Å². The van der Waals surface area contributed by atoms with Crippen LogP contribution in [0.3, 0.4) is 0 Å². The van der Waals surface area contributed by atoms with Crippen LogP contribution in [0.2, 0.25) is 5.02 Å². The molecule has 0 bridgehead atoms. The summed E-state index contributed by atoms with van der Waals surface area (Å²) in [7, 11) is 0. The minimum Gasteiger partial charge on any atom is -0.368 e. The molecule has 1 aromatic rings. The molecule has 1 aliphatic heterocycles. The van der Waals surface area contributed by atoms with Crippen molar-refractivity contribution in [1.82, 2.24) is 10.2 Å². The number of nitrogens with one attached hydrogen (secondary N) is 1. The van der Waals surface area contributed by atoms with Gasteiger partial charge in [-0.25, -0.2) is 0 Å². The van der Waals surface area contributed by atoms with Crippen molar-refractivity contribution in [2.24, 2.45) is 5.92 Å². The first-order valence-electron chi connectivity index (χ1n) is 8.09. The van der Waals surface area contributed by atoms with Gasteiger partial charge in [0, 0.05) is 39.3 Å². The molecule has 4 heteroatoms. The van der Waals surface area contributed by atoms with Gasteiger partial charge in [0.1, 0.15) is 0 Å². The van der Waals surface area contributed by atoms with Gasteiger partial charge in [0.25, 0.3) is 0 Å². The van der Waals surface area contributed by atoms with Crippen LogP contribution in [0.4, 0.5) is 5.69 Å². The average Bonchev–Trinajstić information content (AvgIpc) is 2.48. The topological polar surface area (TPSA) is 18.5 Å². The number of anilines is 1. The first-order valence-corrected chi connectivity index (χ1v) is 8.47. The van der Waals surface area contributed by atoms with Crippen LogP contribution in [0.25, 0.3) is 0 Å². The molecule has 1 saturated heterocycles. The van der Waals surface area contributed by atoms with Crippen LogP contribution >= 0.6 is 11.6 Å². The minimum absolute atomic E-state index is 0.789. The Hall–Kier alpha value is -0.770. The van der Waals surface area contributed by atoms with E-state index in [1.165, 1.54) is 12.1 Å².